The van der Waals surface area contributed by atoms with Crippen molar-refractivity contribution in [2.45, 2.75) is 32.6 Å². The summed E-state index contributed by atoms with van der Waals surface area (Å²) in [5, 5.41) is 0. The SMILES string of the molecule is CCCCCCOC(=O)CN1C(=O)C=CC1=O. The van der Waals surface area contributed by atoms with Gasteiger partial charge in [0.15, 0.2) is 0 Å². The van der Waals surface area contributed by atoms with E-state index in [1.54, 1.807) is 0 Å². The third-order valence-corrected chi connectivity index (χ3v) is 2.45. The Hall–Kier alpha value is -1.65. The van der Waals surface area contributed by atoms with Crippen molar-refractivity contribution >= 4 is 17.8 Å². The van der Waals surface area contributed by atoms with E-state index >= 15 is 0 Å². The van der Waals surface area contributed by atoms with Gasteiger partial charge in [-0.15, -0.1) is 0 Å². The summed E-state index contributed by atoms with van der Waals surface area (Å²) < 4.78 is 4.93. The molecule has 0 radical (unpaired) electrons. The number of unbranched alkanes of at least 4 members (excludes halogenated alkanes) is 3. The highest BCUT2D eigenvalue weighted by Crippen LogP contribution is 2.04. The lowest BCUT2D eigenvalue weighted by molar-refractivity contribution is -0.151. The Labute approximate surface area is 100 Å². The molecular formula is C12H17NO4. The molecule has 1 aliphatic rings. The van der Waals surface area contributed by atoms with E-state index in [9.17, 15) is 14.4 Å². The van der Waals surface area contributed by atoms with Crippen molar-refractivity contribution in [1.82, 2.24) is 4.90 Å². The summed E-state index contributed by atoms with van der Waals surface area (Å²) in [5.41, 5.74) is 0. The lowest BCUT2D eigenvalue weighted by atomic mass is 10.2. The summed E-state index contributed by atoms with van der Waals surface area (Å²) in [4.78, 5) is 34.5. The molecule has 0 saturated heterocycles. The highest BCUT2D eigenvalue weighted by Gasteiger charge is 2.25. The predicted octanol–water partition coefficient (Wildman–Crippen LogP) is 1.03. The fourth-order valence-corrected chi connectivity index (χ4v) is 1.48. The van der Waals surface area contributed by atoms with E-state index in [2.05, 4.69) is 6.92 Å². The van der Waals surface area contributed by atoms with Crippen molar-refractivity contribution < 1.29 is 19.1 Å². The summed E-state index contributed by atoms with van der Waals surface area (Å²) >= 11 is 0. The molecule has 2 amide bonds. The Balaban J connectivity index is 2.17. The van der Waals surface area contributed by atoms with E-state index in [0.717, 1.165) is 42.7 Å². The molecule has 17 heavy (non-hydrogen) atoms. The fraction of sp³-hybridized carbons (Fsp3) is 0.583. The molecule has 0 aromatic carbocycles. The van der Waals surface area contributed by atoms with Gasteiger partial charge in [-0.1, -0.05) is 26.2 Å². The molecule has 0 atom stereocenters. The van der Waals surface area contributed by atoms with E-state index < -0.39 is 17.8 Å². The van der Waals surface area contributed by atoms with Crippen molar-refractivity contribution in [3.63, 3.8) is 0 Å². The van der Waals surface area contributed by atoms with Crippen LogP contribution < -0.4 is 0 Å². The molecule has 0 saturated carbocycles. The van der Waals surface area contributed by atoms with Crippen LogP contribution in [0.15, 0.2) is 12.2 Å². The van der Waals surface area contributed by atoms with Crippen molar-refractivity contribution in [1.29, 1.82) is 0 Å². The maximum absolute atomic E-state index is 11.3. The minimum Gasteiger partial charge on any atom is -0.464 e. The quantitative estimate of drug-likeness (QED) is 0.378. The second-order valence-corrected chi connectivity index (χ2v) is 3.88. The van der Waals surface area contributed by atoms with Crippen LogP contribution in [0.25, 0.3) is 0 Å². The van der Waals surface area contributed by atoms with Crippen LogP contribution in [0.2, 0.25) is 0 Å². The number of carbonyl (C=O) groups is 3. The third kappa shape index (κ3) is 4.38. The number of amides is 2. The molecule has 1 aliphatic heterocycles. The Morgan fingerprint density at radius 1 is 1.18 bits per heavy atom. The molecule has 0 unspecified atom stereocenters. The molecule has 1 rings (SSSR count). The fourth-order valence-electron chi connectivity index (χ4n) is 1.48. The maximum Gasteiger partial charge on any atom is 0.326 e. The molecule has 0 fully saturated rings. The van der Waals surface area contributed by atoms with Crippen LogP contribution in [0, 0.1) is 0 Å². The first kappa shape index (κ1) is 13.4. The van der Waals surface area contributed by atoms with Crippen LogP contribution in [0.5, 0.6) is 0 Å². The normalized spacial score (nSPS) is 14.5. The van der Waals surface area contributed by atoms with Crippen LogP contribution in [-0.2, 0) is 19.1 Å². The summed E-state index contributed by atoms with van der Waals surface area (Å²) in [6, 6.07) is 0. The highest BCUT2D eigenvalue weighted by atomic mass is 16.5. The molecule has 94 valence electrons. The maximum atomic E-state index is 11.3. The third-order valence-electron chi connectivity index (χ3n) is 2.45. The van der Waals surface area contributed by atoms with Crippen LogP contribution >= 0.6 is 0 Å². The number of ether oxygens (including phenoxy) is 1. The Kier molecular flexibility index (Phi) is 5.39. The topological polar surface area (TPSA) is 63.7 Å². The lowest BCUT2D eigenvalue weighted by Gasteiger charge is -2.12. The second kappa shape index (κ2) is 6.83. The van der Waals surface area contributed by atoms with E-state index in [4.69, 9.17) is 4.74 Å². The average molecular weight is 239 g/mol. The number of esters is 1. The summed E-state index contributed by atoms with van der Waals surface area (Å²) in [6.45, 7) is 2.16. The smallest absolute Gasteiger partial charge is 0.326 e. The molecule has 0 N–H and O–H groups in total. The highest BCUT2D eigenvalue weighted by molar-refractivity contribution is 6.14. The summed E-state index contributed by atoms with van der Waals surface area (Å²) in [7, 11) is 0. The Morgan fingerprint density at radius 3 is 2.41 bits per heavy atom. The van der Waals surface area contributed by atoms with Gasteiger partial charge in [0, 0.05) is 12.2 Å². The van der Waals surface area contributed by atoms with Gasteiger partial charge in [-0.2, -0.15) is 0 Å². The summed E-state index contributed by atoms with van der Waals surface area (Å²) in [5.74, 6) is -1.46. The van der Waals surface area contributed by atoms with Gasteiger partial charge in [0.25, 0.3) is 11.8 Å². The largest absolute Gasteiger partial charge is 0.464 e. The van der Waals surface area contributed by atoms with Gasteiger partial charge in [-0.25, -0.2) is 0 Å². The first-order valence-corrected chi connectivity index (χ1v) is 5.84. The number of hydrogen-bond acceptors (Lipinski definition) is 4. The minimum absolute atomic E-state index is 0.293. The van der Waals surface area contributed by atoms with Gasteiger partial charge in [0.05, 0.1) is 6.61 Å². The molecule has 0 bridgehead atoms. The Bertz CT molecular complexity index is 317. The van der Waals surface area contributed by atoms with Crippen molar-refractivity contribution in [2.24, 2.45) is 0 Å². The van der Waals surface area contributed by atoms with E-state index in [0.29, 0.717) is 6.61 Å². The molecule has 0 spiro atoms. The van der Waals surface area contributed by atoms with E-state index in [1.807, 2.05) is 0 Å². The van der Waals surface area contributed by atoms with E-state index in [1.165, 1.54) is 0 Å². The average Bonchev–Trinajstić information content (AvgIpc) is 2.60. The van der Waals surface area contributed by atoms with Gasteiger partial charge in [0.1, 0.15) is 6.54 Å². The van der Waals surface area contributed by atoms with Gasteiger partial charge in [-0.3, -0.25) is 19.3 Å². The molecule has 0 aliphatic carbocycles. The van der Waals surface area contributed by atoms with Gasteiger partial charge in [0.2, 0.25) is 0 Å². The van der Waals surface area contributed by atoms with Crippen LogP contribution in [0.3, 0.4) is 0 Å². The predicted molar refractivity (Wildman–Crippen MR) is 61.0 cm³/mol. The lowest BCUT2D eigenvalue weighted by Crippen LogP contribution is -2.35. The first-order valence-electron chi connectivity index (χ1n) is 5.84. The monoisotopic (exact) mass is 239 g/mol. The van der Waals surface area contributed by atoms with Crippen molar-refractivity contribution in [3.05, 3.63) is 12.2 Å². The van der Waals surface area contributed by atoms with Gasteiger partial charge >= 0.3 is 5.97 Å². The molecule has 5 nitrogen and oxygen atoms in total. The molecule has 0 aromatic heterocycles. The summed E-state index contributed by atoms with van der Waals surface area (Å²) in [6.07, 6.45) is 6.38. The molecule has 5 heteroatoms. The molecule has 0 aromatic rings. The number of hydrogen-bond donors (Lipinski definition) is 0. The zero-order chi connectivity index (χ0) is 12.7. The Morgan fingerprint density at radius 2 is 1.82 bits per heavy atom. The zero-order valence-electron chi connectivity index (χ0n) is 9.98. The van der Waals surface area contributed by atoms with E-state index in [-0.39, 0.29) is 6.54 Å². The first-order chi connectivity index (χ1) is 8.15. The van der Waals surface area contributed by atoms with Crippen LogP contribution in [-0.4, -0.2) is 35.8 Å². The van der Waals surface area contributed by atoms with Crippen LogP contribution in [0.1, 0.15) is 32.6 Å². The number of imide groups is 1. The zero-order valence-corrected chi connectivity index (χ0v) is 9.98. The van der Waals surface area contributed by atoms with Gasteiger partial charge < -0.3 is 4.74 Å². The van der Waals surface area contributed by atoms with Crippen LogP contribution in [0.4, 0.5) is 0 Å². The molecule has 1 heterocycles. The van der Waals surface area contributed by atoms with Gasteiger partial charge in [-0.05, 0) is 6.42 Å². The van der Waals surface area contributed by atoms with Crippen molar-refractivity contribution in [3.8, 4) is 0 Å². The number of carbonyl (C=O) groups excluding carboxylic acids is 3. The standard InChI is InChI=1S/C12H17NO4/c1-2-3-4-5-8-17-12(16)9-13-10(14)6-7-11(13)15/h6-7H,2-5,8-9H2,1H3. The van der Waals surface area contributed by atoms with Crippen molar-refractivity contribution in [2.75, 3.05) is 13.2 Å². The number of nitrogens with zero attached hydrogens (tertiary/aromatic N) is 1. The number of rotatable bonds is 7. The minimum atomic E-state index is -0.535. The molecular weight excluding hydrogens is 222 g/mol. The second-order valence-electron chi connectivity index (χ2n) is 3.88.